The molecule has 8 heteroatoms. The summed E-state index contributed by atoms with van der Waals surface area (Å²) in [7, 11) is 1.35. The molecule has 1 atom stereocenters. The van der Waals surface area contributed by atoms with E-state index in [4.69, 9.17) is 19.0 Å². The number of benzene rings is 2. The van der Waals surface area contributed by atoms with Crippen LogP contribution in [0.1, 0.15) is 46.3 Å². The molecule has 4 heterocycles. The van der Waals surface area contributed by atoms with Crippen LogP contribution in [-0.2, 0) is 9.47 Å². The number of methoxy groups -OCH3 is 1. The summed E-state index contributed by atoms with van der Waals surface area (Å²) in [5.41, 5.74) is 6.01. The van der Waals surface area contributed by atoms with Crippen molar-refractivity contribution < 1.29 is 23.2 Å². The Morgan fingerprint density at radius 1 is 1.11 bits per heavy atom. The van der Waals surface area contributed by atoms with Gasteiger partial charge in [0, 0.05) is 35.9 Å². The molecule has 3 aromatic heterocycles. The topological polar surface area (TPSA) is 79.4 Å². The van der Waals surface area contributed by atoms with Crippen molar-refractivity contribution in [1.29, 1.82) is 0 Å². The van der Waals surface area contributed by atoms with Gasteiger partial charge >= 0.3 is 5.97 Å². The molecule has 0 saturated carbocycles. The molecule has 0 aliphatic carbocycles. The van der Waals surface area contributed by atoms with E-state index < -0.39 is 5.97 Å². The van der Waals surface area contributed by atoms with E-state index in [1.165, 1.54) is 19.4 Å². The molecule has 1 fully saturated rings. The van der Waals surface area contributed by atoms with E-state index in [2.05, 4.69) is 15.8 Å². The predicted molar refractivity (Wildman–Crippen MR) is 142 cm³/mol. The molecular weight excluding hydrogens is 485 g/mol. The van der Waals surface area contributed by atoms with E-state index >= 15 is 4.39 Å². The number of rotatable bonds is 5. The summed E-state index contributed by atoms with van der Waals surface area (Å²) < 4.78 is 33.8. The maximum absolute atomic E-state index is 15.5. The van der Waals surface area contributed by atoms with Crippen LogP contribution in [0.25, 0.3) is 33.1 Å². The highest BCUT2D eigenvalue weighted by Crippen LogP contribution is 2.42. The fourth-order valence-corrected chi connectivity index (χ4v) is 5.84. The first kappa shape index (κ1) is 24.3. The number of carbonyl (C=O) groups excluding carboxylic acids is 1. The van der Waals surface area contributed by atoms with E-state index in [1.54, 1.807) is 12.1 Å². The van der Waals surface area contributed by atoms with Gasteiger partial charge in [0.15, 0.2) is 0 Å². The Hall–Kier alpha value is -4.04. The van der Waals surface area contributed by atoms with Crippen molar-refractivity contribution in [3.8, 4) is 11.1 Å². The maximum Gasteiger partial charge on any atom is 0.339 e. The smallest absolute Gasteiger partial charge is 0.339 e. The maximum atomic E-state index is 15.5. The summed E-state index contributed by atoms with van der Waals surface area (Å²) in [4.78, 5) is 17.2. The van der Waals surface area contributed by atoms with Gasteiger partial charge in [0.1, 0.15) is 11.6 Å². The average Bonchev–Trinajstić information content (AvgIpc) is 3.45. The third-order valence-corrected chi connectivity index (χ3v) is 7.60. The molecule has 0 amide bonds. The van der Waals surface area contributed by atoms with Gasteiger partial charge < -0.3 is 18.6 Å². The van der Waals surface area contributed by atoms with Gasteiger partial charge in [-0.2, -0.15) is 0 Å². The molecule has 194 valence electrons. The highest BCUT2D eigenvalue weighted by molar-refractivity contribution is 6.08. The van der Waals surface area contributed by atoms with Gasteiger partial charge in [0.2, 0.25) is 0 Å². The monoisotopic (exact) mass is 513 g/mol. The van der Waals surface area contributed by atoms with E-state index in [-0.39, 0.29) is 17.8 Å². The number of fused-ring (bicyclic) bond motifs is 3. The molecule has 5 aromatic rings. The lowest BCUT2D eigenvalue weighted by molar-refractivity contribution is 0.0548. The second-order valence-corrected chi connectivity index (χ2v) is 9.80. The van der Waals surface area contributed by atoms with E-state index in [0.29, 0.717) is 24.3 Å². The number of halogens is 1. The number of aromatic nitrogens is 3. The van der Waals surface area contributed by atoms with Crippen LogP contribution < -0.4 is 0 Å². The number of esters is 1. The van der Waals surface area contributed by atoms with Crippen LogP contribution in [0.2, 0.25) is 0 Å². The number of aryl methyl sites for hydroxylation is 2. The first-order chi connectivity index (χ1) is 18.5. The van der Waals surface area contributed by atoms with E-state index in [9.17, 15) is 4.79 Å². The lowest BCUT2D eigenvalue weighted by Crippen LogP contribution is -2.27. The number of pyridine rings is 1. The molecule has 7 nitrogen and oxygen atoms in total. The lowest BCUT2D eigenvalue weighted by atomic mass is 9.86. The molecular formula is C30H28FN3O4. The van der Waals surface area contributed by atoms with E-state index in [0.717, 1.165) is 57.4 Å². The SMILES string of the molecule is COC(=O)c1cnc2c3ccc(-c4c(C)noc4C)cc3n([C@H](c3ccccc3F)C3CCOCC3)c2c1. The number of nitrogens with zero attached hydrogens (tertiary/aromatic N) is 3. The van der Waals surface area contributed by atoms with Gasteiger partial charge in [0.25, 0.3) is 0 Å². The van der Waals surface area contributed by atoms with Crippen molar-refractivity contribution in [1.82, 2.24) is 14.7 Å². The summed E-state index contributed by atoms with van der Waals surface area (Å²) in [5, 5.41) is 5.05. The van der Waals surface area contributed by atoms with Crippen LogP contribution >= 0.6 is 0 Å². The summed E-state index contributed by atoms with van der Waals surface area (Å²) in [6, 6.07) is 14.5. The molecule has 0 spiro atoms. The zero-order chi connectivity index (χ0) is 26.4. The second kappa shape index (κ2) is 9.68. The van der Waals surface area contributed by atoms with Gasteiger partial charge in [-0.3, -0.25) is 4.98 Å². The van der Waals surface area contributed by atoms with Gasteiger partial charge in [-0.05, 0) is 56.4 Å². The molecule has 6 rings (SSSR count). The Balaban J connectivity index is 1.70. The zero-order valence-corrected chi connectivity index (χ0v) is 21.5. The first-order valence-electron chi connectivity index (χ1n) is 12.8. The molecule has 1 aliphatic heterocycles. The second-order valence-electron chi connectivity index (χ2n) is 9.80. The molecule has 1 saturated heterocycles. The lowest BCUT2D eigenvalue weighted by Gasteiger charge is -2.33. The van der Waals surface area contributed by atoms with Crippen molar-refractivity contribution in [3.05, 3.63) is 83.1 Å². The number of hydrogen-bond donors (Lipinski definition) is 0. The summed E-state index contributed by atoms with van der Waals surface area (Å²) in [6.07, 6.45) is 3.11. The normalized spacial score (nSPS) is 15.3. The van der Waals surface area contributed by atoms with Crippen LogP contribution in [0.15, 0.2) is 59.3 Å². The highest BCUT2D eigenvalue weighted by atomic mass is 19.1. The molecule has 38 heavy (non-hydrogen) atoms. The van der Waals surface area contributed by atoms with Gasteiger partial charge in [0.05, 0.1) is 41.0 Å². The predicted octanol–water partition coefficient (Wildman–Crippen LogP) is 6.40. The van der Waals surface area contributed by atoms with Crippen molar-refractivity contribution in [2.75, 3.05) is 20.3 Å². The van der Waals surface area contributed by atoms with Crippen molar-refractivity contribution >= 4 is 27.9 Å². The fraction of sp³-hybridized carbons (Fsp3) is 0.300. The third kappa shape index (κ3) is 3.96. The summed E-state index contributed by atoms with van der Waals surface area (Å²) >= 11 is 0. The largest absolute Gasteiger partial charge is 0.465 e. The summed E-state index contributed by atoms with van der Waals surface area (Å²) in [6.45, 7) is 5.04. The Labute approximate surface area is 219 Å². The standard InChI is InChI=1S/C30H28FN3O4/c1-17-27(18(2)38-33-17)20-8-9-23-25(14-20)34(26-15-21(30(35)36-3)16-32-28(23)26)29(19-10-12-37-13-11-19)22-6-4-5-7-24(22)31/h4-9,14-16,19,29H,10-13H2,1-3H3/t29-/m0/s1. The Kier molecular flexibility index (Phi) is 6.19. The minimum atomic E-state index is -0.471. The first-order valence-corrected chi connectivity index (χ1v) is 12.8. The highest BCUT2D eigenvalue weighted by Gasteiger charge is 2.32. The average molecular weight is 514 g/mol. The Morgan fingerprint density at radius 3 is 2.61 bits per heavy atom. The molecule has 0 radical (unpaired) electrons. The molecule has 2 aromatic carbocycles. The van der Waals surface area contributed by atoms with Crippen LogP contribution in [0.5, 0.6) is 0 Å². The van der Waals surface area contributed by atoms with Gasteiger partial charge in [-0.15, -0.1) is 0 Å². The third-order valence-electron chi connectivity index (χ3n) is 7.60. The minimum Gasteiger partial charge on any atom is -0.465 e. The quantitative estimate of drug-likeness (QED) is 0.253. The Morgan fingerprint density at radius 2 is 1.89 bits per heavy atom. The zero-order valence-electron chi connectivity index (χ0n) is 21.5. The van der Waals surface area contributed by atoms with Crippen molar-refractivity contribution in [3.63, 3.8) is 0 Å². The van der Waals surface area contributed by atoms with E-state index in [1.807, 2.05) is 38.1 Å². The number of carbonyl (C=O) groups is 1. The van der Waals surface area contributed by atoms with Crippen LogP contribution in [0, 0.1) is 25.6 Å². The Bertz CT molecular complexity index is 1650. The molecule has 0 bridgehead atoms. The fourth-order valence-electron chi connectivity index (χ4n) is 5.84. The van der Waals surface area contributed by atoms with Gasteiger partial charge in [-0.1, -0.05) is 35.5 Å². The molecule has 1 aliphatic rings. The van der Waals surface area contributed by atoms with Crippen LogP contribution in [-0.4, -0.2) is 41.0 Å². The van der Waals surface area contributed by atoms with Crippen molar-refractivity contribution in [2.45, 2.75) is 32.7 Å². The van der Waals surface area contributed by atoms with Crippen LogP contribution in [0.4, 0.5) is 4.39 Å². The molecule has 0 N–H and O–H groups in total. The van der Waals surface area contributed by atoms with Gasteiger partial charge in [-0.25, -0.2) is 9.18 Å². The summed E-state index contributed by atoms with van der Waals surface area (Å²) in [5.74, 6) is 0.105. The van der Waals surface area contributed by atoms with Crippen LogP contribution in [0.3, 0.4) is 0 Å². The number of hydrogen-bond acceptors (Lipinski definition) is 6. The molecule has 0 unspecified atom stereocenters. The minimum absolute atomic E-state index is 0.115. The number of ether oxygens (including phenoxy) is 2. The van der Waals surface area contributed by atoms with Crippen molar-refractivity contribution in [2.24, 2.45) is 5.92 Å².